The van der Waals surface area contributed by atoms with Gasteiger partial charge in [-0.05, 0) is 41.9 Å². The van der Waals surface area contributed by atoms with Gasteiger partial charge in [-0.2, -0.15) is 0 Å². The van der Waals surface area contributed by atoms with E-state index in [0.29, 0.717) is 0 Å². The first-order valence-electron chi connectivity index (χ1n) is 4.93. The lowest BCUT2D eigenvalue weighted by Gasteiger charge is -2.09. The standard InChI is InChI=1S/C12H16/c1-3-10-5-4-6-11-8-7-9(2)12(10)11/h4-6,9H,3,7-8H2,1-2H3/t9-/m1/s1. The summed E-state index contributed by atoms with van der Waals surface area (Å²) in [6, 6.07) is 6.77. The summed E-state index contributed by atoms with van der Waals surface area (Å²) in [6.45, 7) is 4.60. The fraction of sp³-hybridized carbons (Fsp3) is 0.500. The highest BCUT2D eigenvalue weighted by molar-refractivity contribution is 5.41. The molecule has 0 amide bonds. The Morgan fingerprint density at radius 3 is 3.00 bits per heavy atom. The van der Waals surface area contributed by atoms with Gasteiger partial charge in [0.2, 0.25) is 0 Å². The smallest absolute Gasteiger partial charge is 0.0182 e. The lowest BCUT2D eigenvalue weighted by atomic mass is 9.96. The highest BCUT2D eigenvalue weighted by atomic mass is 14.2. The molecule has 0 saturated carbocycles. The summed E-state index contributed by atoms with van der Waals surface area (Å²) < 4.78 is 0. The fourth-order valence-electron chi connectivity index (χ4n) is 2.34. The Hall–Kier alpha value is -0.780. The molecule has 0 saturated heterocycles. The van der Waals surface area contributed by atoms with E-state index in [1.54, 1.807) is 16.7 Å². The summed E-state index contributed by atoms with van der Waals surface area (Å²) >= 11 is 0. The Kier molecular flexibility index (Phi) is 1.92. The molecule has 1 aliphatic rings. The summed E-state index contributed by atoms with van der Waals surface area (Å²) in [6.07, 6.45) is 3.84. The first-order chi connectivity index (χ1) is 5.83. The summed E-state index contributed by atoms with van der Waals surface area (Å²) in [5, 5.41) is 0. The predicted octanol–water partition coefficient (Wildman–Crippen LogP) is 3.30. The van der Waals surface area contributed by atoms with Crippen molar-refractivity contribution in [3.63, 3.8) is 0 Å². The van der Waals surface area contributed by atoms with Crippen LogP contribution < -0.4 is 0 Å². The van der Waals surface area contributed by atoms with Crippen LogP contribution in [0.1, 0.15) is 42.9 Å². The first kappa shape index (κ1) is 7.85. The van der Waals surface area contributed by atoms with E-state index in [1.807, 2.05) is 0 Å². The Morgan fingerprint density at radius 2 is 2.25 bits per heavy atom. The van der Waals surface area contributed by atoms with Gasteiger partial charge in [0.05, 0.1) is 0 Å². The van der Waals surface area contributed by atoms with Crippen LogP contribution in [0.2, 0.25) is 0 Å². The molecule has 0 unspecified atom stereocenters. The third kappa shape index (κ3) is 1.06. The topological polar surface area (TPSA) is 0 Å². The molecule has 0 heterocycles. The zero-order valence-electron chi connectivity index (χ0n) is 7.93. The normalized spacial score (nSPS) is 21.0. The van der Waals surface area contributed by atoms with Crippen molar-refractivity contribution >= 4 is 0 Å². The largest absolute Gasteiger partial charge is 0.0617 e. The Morgan fingerprint density at radius 1 is 1.42 bits per heavy atom. The van der Waals surface area contributed by atoms with E-state index in [-0.39, 0.29) is 0 Å². The molecule has 0 heteroatoms. The highest BCUT2D eigenvalue weighted by Crippen LogP contribution is 2.35. The van der Waals surface area contributed by atoms with E-state index in [1.165, 1.54) is 19.3 Å². The minimum Gasteiger partial charge on any atom is -0.0617 e. The minimum absolute atomic E-state index is 0.802. The molecule has 12 heavy (non-hydrogen) atoms. The second kappa shape index (κ2) is 2.93. The lowest BCUT2D eigenvalue weighted by molar-refractivity contribution is 0.741. The molecule has 0 spiro atoms. The Labute approximate surface area is 74.6 Å². The van der Waals surface area contributed by atoms with Crippen LogP contribution in [-0.4, -0.2) is 0 Å². The number of rotatable bonds is 1. The molecule has 0 N–H and O–H groups in total. The molecule has 0 bridgehead atoms. The maximum Gasteiger partial charge on any atom is -0.0182 e. The second-order valence-corrected chi connectivity index (χ2v) is 3.78. The van der Waals surface area contributed by atoms with Crippen molar-refractivity contribution in [1.29, 1.82) is 0 Å². The van der Waals surface area contributed by atoms with Crippen LogP contribution >= 0.6 is 0 Å². The predicted molar refractivity (Wildman–Crippen MR) is 52.6 cm³/mol. The molecular formula is C12H16. The van der Waals surface area contributed by atoms with Gasteiger partial charge >= 0.3 is 0 Å². The van der Waals surface area contributed by atoms with Crippen molar-refractivity contribution in [3.05, 3.63) is 34.9 Å². The molecule has 0 fully saturated rings. The average Bonchev–Trinajstić information content (AvgIpc) is 2.48. The van der Waals surface area contributed by atoms with Gasteiger partial charge in [-0.1, -0.05) is 32.0 Å². The Balaban J connectivity index is 2.53. The van der Waals surface area contributed by atoms with Crippen LogP contribution in [-0.2, 0) is 12.8 Å². The molecule has 0 aromatic heterocycles. The van der Waals surface area contributed by atoms with Crippen molar-refractivity contribution < 1.29 is 0 Å². The first-order valence-corrected chi connectivity index (χ1v) is 4.93. The second-order valence-electron chi connectivity index (χ2n) is 3.78. The molecule has 64 valence electrons. The van der Waals surface area contributed by atoms with Gasteiger partial charge in [0.25, 0.3) is 0 Å². The van der Waals surface area contributed by atoms with Gasteiger partial charge in [-0.25, -0.2) is 0 Å². The summed E-state index contributed by atoms with van der Waals surface area (Å²) in [7, 11) is 0. The maximum absolute atomic E-state index is 2.35. The molecule has 1 atom stereocenters. The van der Waals surface area contributed by atoms with Gasteiger partial charge in [0.15, 0.2) is 0 Å². The number of benzene rings is 1. The van der Waals surface area contributed by atoms with E-state index >= 15 is 0 Å². The zero-order chi connectivity index (χ0) is 8.55. The fourth-order valence-corrected chi connectivity index (χ4v) is 2.34. The molecule has 2 rings (SSSR count). The zero-order valence-corrected chi connectivity index (χ0v) is 7.93. The molecular weight excluding hydrogens is 144 g/mol. The van der Waals surface area contributed by atoms with Crippen molar-refractivity contribution in [2.24, 2.45) is 0 Å². The van der Waals surface area contributed by atoms with Crippen molar-refractivity contribution in [1.82, 2.24) is 0 Å². The van der Waals surface area contributed by atoms with Crippen LogP contribution in [0.4, 0.5) is 0 Å². The van der Waals surface area contributed by atoms with Gasteiger partial charge in [-0.15, -0.1) is 0 Å². The number of fused-ring (bicyclic) bond motifs is 1. The number of aryl methyl sites for hydroxylation is 2. The van der Waals surface area contributed by atoms with Gasteiger partial charge in [-0.3, -0.25) is 0 Å². The SMILES string of the molecule is CCc1cccc2c1[C@H](C)CC2. The van der Waals surface area contributed by atoms with E-state index in [0.717, 1.165) is 5.92 Å². The van der Waals surface area contributed by atoms with Gasteiger partial charge < -0.3 is 0 Å². The van der Waals surface area contributed by atoms with Crippen molar-refractivity contribution in [2.75, 3.05) is 0 Å². The molecule has 1 aromatic rings. The molecule has 0 aliphatic heterocycles. The third-order valence-electron chi connectivity index (χ3n) is 3.01. The average molecular weight is 160 g/mol. The van der Waals surface area contributed by atoms with Crippen molar-refractivity contribution in [3.8, 4) is 0 Å². The monoisotopic (exact) mass is 160 g/mol. The molecule has 1 aromatic carbocycles. The summed E-state index contributed by atoms with van der Waals surface area (Å²) in [5.74, 6) is 0.802. The van der Waals surface area contributed by atoms with E-state index in [9.17, 15) is 0 Å². The summed E-state index contributed by atoms with van der Waals surface area (Å²) in [5.41, 5.74) is 4.82. The highest BCUT2D eigenvalue weighted by Gasteiger charge is 2.20. The van der Waals surface area contributed by atoms with E-state index in [2.05, 4.69) is 32.0 Å². The van der Waals surface area contributed by atoms with Crippen molar-refractivity contribution in [2.45, 2.75) is 39.0 Å². The lowest BCUT2D eigenvalue weighted by Crippen LogP contribution is -1.93. The molecule has 0 radical (unpaired) electrons. The molecule has 1 aliphatic carbocycles. The van der Waals surface area contributed by atoms with Crippen LogP contribution in [0.15, 0.2) is 18.2 Å². The van der Waals surface area contributed by atoms with Gasteiger partial charge in [0.1, 0.15) is 0 Å². The van der Waals surface area contributed by atoms with Crippen LogP contribution in [0.5, 0.6) is 0 Å². The molecule has 0 nitrogen and oxygen atoms in total. The Bertz CT molecular complexity index is 286. The number of hydrogen-bond acceptors (Lipinski definition) is 0. The van der Waals surface area contributed by atoms with Gasteiger partial charge in [0, 0.05) is 0 Å². The third-order valence-corrected chi connectivity index (χ3v) is 3.01. The van der Waals surface area contributed by atoms with E-state index in [4.69, 9.17) is 0 Å². The quantitative estimate of drug-likeness (QED) is 0.591. The maximum atomic E-state index is 2.35. The minimum atomic E-state index is 0.802. The summed E-state index contributed by atoms with van der Waals surface area (Å²) in [4.78, 5) is 0. The van der Waals surface area contributed by atoms with Crippen LogP contribution in [0.3, 0.4) is 0 Å². The van der Waals surface area contributed by atoms with E-state index < -0.39 is 0 Å². The van der Waals surface area contributed by atoms with Crippen LogP contribution in [0.25, 0.3) is 0 Å². The van der Waals surface area contributed by atoms with Crippen LogP contribution in [0, 0.1) is 0 Å². The number of hydrogen-bond donors (Lipinski definition) is 0.